The molecular formula is C24H36O5. The molecule has 1 N–H and O–H groups in total. The molecule has 8 atom stereocenters. The number of ether oxygens (including phenoxy) is 2. The molecule has 162 valence electrons. The molecule has 0 aromatic heterocycles. The van der Waals surface area contributed by atoms with Crippen LogP contribution in [0.1, 0.15) is 73.1 Å². The maximum atomic E-state index is 12.1. The highest BCUT2D eigenvalue weighted by Gasteiger charge is 2.69. The summed E-state index contributed by atoms with van der Waals surface area (Å²) < 4.78 is 11.5. The third kappa shape index (κ3) is 3.07. The molecule has 4 aliphatic rings. The van der Waals surface area contributed by atoms with Crippen LogP contribution in [0.2, 0.25) is 0 Å². The minimum absolute atomic E-state index is 0.0334. The number of hydrogen-bond donors (Lipinski definition) is 1. The Bertz CT molecular complexity index is 742. The van der Waals surface area contributed by atoms with Gasteiger partial charge >= 0.3 is 11.9 Å². The summed E-state index contributed by atoms with van der Waals surface area (Å²) in [5.41, 5.74) is -1.07. The summed E-state index contributed by atoms with van der Waals surface area (Å²) in [6, 6.07) is 0. The van der Waals surface area contributed by atoms with Crippen molar-refractivity contribution in [1.29, 1.82) is 0 Å². The minimum Gasteiger partial charge on any atom is -0.465 e. The summed E-state index contributed by atoms with van der Waals surface area (Å²) in [4.78, 5) is 23.6. The lowest BCUT2D eigenvalue weighted by Crippen LogP contribution is -2.62. The van der Waals surface area contributed by atoms with Gasteiger partial charge in [0.1, 0.15) is 6.10 Å². The van der Waals surface area contributed by atoms with E-state index in [2.05, 4.69) is 26.0 Å². The van der Waals surface area contributed by atoms with Gasteiger partial charge in [-0.05, 0) is 56.3 Å². The van der Waals surface area contributed by atoms with E-state index in [0.717, 1.165) is 32.1 Å². The van der Waals surface area contributed by atoms with Crippen LogP contribution in [0.4, 0.5) is 0 Å². The first-order valence-electron chi connectivity index (χ1n) is 11.1. The number of carbonyl (C=O) groups is 2. The van der Waals surface area contributed by atoms with Crippen molar-refractivity contribution in [3.05, 3.63) is 12.2 Å². The van der Waals surface area contributed by atoms with E-state index in [0.29, 0.717) is 13.0 Å². The molecule has 3 saturated carbocycles. The zero-order valence-electron chi connectivity index (χ0n) is 18.5. The zero-order chi connectivity index (χ0) is 21.2. The Hall–Kier alpha value is -1.36. The standard InChI is InChI=1S/C24H36O5/c1-15(25)28-14-21(3)9-6-10-22(4)18-8-7-17-12-24(18,13-23(17,5)27)20(11-19(21)22)29-16(2)26/h7-8,17-20,27H,6,9-14H2,1-5H3/t17-,18+,19-,20+,21-,22+,23-,24-/m1/s1. The number of aliphatic hydroxyl groups is 1. The summed E-state index contributed by atoms with van der Waals surface area (Å²) in [5, 5.41) is 11.1. The number of fused-ring (bicyclic) bond motifs is 3. The Morgan fingerprint density at radius 3 is 2.48 bits per heavy atom. The van der Waals surface area contributed by atoms with E-state index in [1.165, 1.54) is 13.8 Å². The van der Waals surface area contributed by atoms with E-state index in [1.54, 1.807) is 0 Å². The maximum absolute atomic E-state index is 12.1. The molecule has 1 spiro atoms. The molecule has 5 heteroatoms. The number of allylic oxidation sites excluding steroid dienone is 1. The van der Waals surface area contributed by atoms with Crippen molar-refractivity contribution in [2.75, 3.05) is 6.61 Å². The van der Waals surface area contributed by atoms with Crippen molar-refractivity contribution < 1.29 is 24.2 Å². The monoisotopic (exact) mass is 404 g/mol. The van der Waals surface area contributed by atoms with Gasteiger partial charge in [0.15, 0.2) is 0 Å². The highest BCUT2D eigenvalue weighted by atomic mass is 16.5. The van der Waals surface area contributed by atoms with Crippen LogP contribution in [0.15, 0.2) is 12.2 Å². The predicted octanol–water partition coefficient (Wildman–Crippen LogP) is 4.03. The lowest BCUT2D eigenvalue weighted by molar-refractivity contribution is -0.207. The smallest absolute Gasteiger partial charge is 0.302 e. The molecule has 4 aliphatic carbocycles. The Morgan fingerprint density at radius 1 is 1.10 bits per heavy atom. The van der Waals surface area contributed by atoms with Crippen LogP contribution in [-0.2, 0) is 19.1 Å². The third-order valence-electron chi connectivity index (χ3n) is 9.06. The molecule has 0 amide bonds. The molecule has 0 saturated heterocycles. The lowest BCUT2D eigenvalue weighted by Gasteiger charge is -2.64. The number of esters is 2. The zero-order valence-corrected chi connectivity index (χ0v) is 18.5. The van der Waals surface area contributed by atoms with Crippen molar-refractivity contribution in [2.45, 2.75) is 84.8 Å². The van der Waals surface area contributed by atoms with Crippen LogP contribution in [0.3, 0.4) is 0 Å². The lowest BCUT2D eigenvalue weighted by atomic mass is 9.41. The molecule has 0 aromatic rings. The van der Waals surface area contributed by atoms with Crippen LogP contribution >= 0.6 is 0 Å². The first-order valence-corrected chi connectivity index (χ1v) is 11.1. The highest BCUT2D eigenvalue weighted by molar-refractivity contribution is 5.66. The van der Waals surface area contributed by atoms with E-state index in [1.807, 2.05) is 6.92 Å². The number of carbonyl (C=O) groups excluding carboxylic acids is 2. The fourth-order valence-electron chi connectivity index (χ4n) is 7.97. The van der Waals surface area contributed by atoms with Crippen LogP contribution in [-0.4, -0.2) is 35.4 Å². The largest absolute Gasteiger partial charge is 0.465 e. The molecule has 2 bridgehead atoms. The quantitative estimate of drug-likeness (QED) is 0.568. The highest BCUT2D eigenvalue weighted by Crippen LogP contribution is 2.71. The van der Waals surface area contributed by atoms with E-state index < -0.39 is 5.60 Å². The third-order valence-corrected chi connectivity index (χ3v) is 9.06. The summed E-state index contributed by atoms with van der Waals surface area (Å²) in [5.74, 6) is 0.166. The van der Waals surface area contributed by atoms with Gasteiger partial charge in [0.2, 0.25) is 0 Å². The molecule has 0 aromatic carbocycles. The minimum atomic E-state index is -0.761. The SMILES string of the molecule is CC(=O)OC[C@@]1(C)CCC[C@]2(C)[C@@H]1C[C@H](OC(C)=O)[C@@]13C[C@@H](C=C[C@@H]21)[C@](C)(O)C3. The van der Waals surface area contributed by atoms with Gasteiger partial charge in [-0.2, -0.15) is 0 Å². The molecule has 0 unspecified atom stereocenters. The average molecular weight is 405 g/mol. The summed E-state index contributed by atoms with van der Waals surface area (Å²) in [7, 11) is 0. The normalized spacial score (nSPS) is 50.4. The van der Waals surface area contributed by atoms with E-state index in [4.69, 9.17) is 9.47 Å². The molecule has 0 radical (unpaired) electrons. The van der Waals surface area contributed by atoms with Gasteiger partial charge in [0.25, 0.3) is 0 Å². The predicted molar refractivity (Wildman–Crippen MR) is 109 cm³/mol. The van der Waals surface area contributed by atoms with E-state index in [9.17, 15) is 14.7 Å². The van der Waals surface area contributed by atoms with Gasteiger partial charge in [0, 0.05) is 30.6 Å². The van der Waals surface area contributed by atoms with Gasteiger partial charge < -0.3 is 14.6 Å². The van der Waals surface area contributed by atoms with Crippen molar-refractivity contribution >= 4 is 11.9 Å². The van der Waals surface area contributed by atoms with Crippen molar-refractivity contribution in [1.82, 2.24) is 0 Å². The van der Waals surface area contributed by atoms with Gasteiger partial charge in [-0.25, -0.2) is 0 Å². The Morgan fingerprint density at radius 2 is 1.83 bits per heavy atom. The van der Waals surface area contributed by atoms with Crippen LogP contribution < -0.4 is 0 Å². The Balaban J connectivity index is 1.77. The van der Waals surface area contributed by atoms with Crippen LogP contribution in [0, 0.1) is 34.0 Å². The van der Waals surface area contributed by atoms with E-state index >= 15 is 0 Å². The second-order valence-corrected chi connectivity index (χ2v) is 11.1. The van der Waals surface area contributed by atoms with Crippen LogP contribution in [0.25, 0.3) is 0 Å². The second-order valence-electron chi connectivity index (χ2n) is 11.1. The second kappa shape index (κ2) is 6.57. The molecular weight excluding hydrogens is 368 g/mol. The number of hydrogen-bond acceptors (Lipinski definition) is 5. The molecule has 3 fully saturated rings. The first-order chi connectivity index (χ1) is 13.4. The van der Waals surface area contributed by atoms with Crippen molar-refractivity contribution in [3.8, 4) is 0 Å². The molecule has 5 nitrogen and oxygen atoms in total. The van der Waals surface area contributed by atoms with Gasteiger partial charge in [-0.15, -0.1) is 0 Å². The Kier molecular flexibility index (Phi) is 4.73. The van der Waals surface area contributed by atoms with Crippen LogP contribution in [0.5, 0.6) is 0 Å². The fraction of sp³-hybridized carbons (Fsp3) is 0.833. The molecule has 4 rings (SSSR count). The van der Waals surface area contributed by atoms with Crippen molar-refractivity contribution in [3.63, 3.8) is 0 Å². The number of rotatable bonds is 3. The molecule has 0 heterocycles. The van der Waals surface area contributed by atoms with E-state index in [-0.39, 0.29) is 52.0 Å². The van der Waals surface area contributed by atoms with Gasteiger partial charge in [0.05, 0.1) is 12.2 Å². The van der Waals surface area contributed by atoms with Gasteiger partial charge in [-0.3, -0.25) is 9.59 Å². The molecule has 29 heavy (non-hydrogen) atoms. The Labute approximate surface area is 174 Å². The summed E-state index contributed by atoms with van der Waals surface area (Å²) in [6.45, 7) is 9.93. The maximum Gasteiger partial charge on any atom is 0.302 e. The van der Waals surface area contributed by atoms with Gasteiger partial charge in [-0.1, -0.05) is 32.4 Å². The van der Waals surface area contributed by atoms with Crippen molar-refractivity contribution in [2.24, 2.45) is 34.0 Å². The molecule has 0 aliphatic heterocycles. The fourth-order valence-corrected chi connectivity index (χ4v) is 7.97. The summed E-state index contributed by atoms with van der Waals surface area (Å²) in [6.07, 6.45) is 9.89. The summed E-state index contributed by atoms with van der Waals surface area (Å²) >= 11 is 0. The first kappa shape index (κ1) is 20.9. The average Bonchev–Trinajstić information content (AvgIpc) is 2.80. The topological polar surface area (TPSA) is 72.8 Å².